The van der Waals surface area contributed by atoms with Crippen molar-refractivity contribution in [3.63, 3.8) is 0 Å². The lowest BCUT2D eigenvalue weighted by atomic mass is 10.2. The standard InChI is InChI=1S/C16H21N3O6/c1-17-13(20)9-19(2)14(21)10-25-15(22)8-18-16(23)11-5-4-6-12(7-11)24-3/h4-7H,8-10H2,1-3H3,(H,17,20)(H,18,23). The first kappa shape index (κ1) is 19.9. The number of hydrogen-bond acceptors (Lipinski definition) is 6. The van der Waals surface area contributed by atoms with Crippen LogP contribution in [0.3, 0.4) is 0 Å². The molecule has 136 valence electrons. The predicted molar refractivity (Wildman–Crippen MR) is 88.0 cm³/mol. The van der Waals surface area contributed by atoms with Crippen LogP contribution < -0.4 is 15.4 Å². The van der Waals surface area contributed by atoms with Crippen LogP contribution in [-0.4, -0.2) is 69.5 Å². The predicted octanol–water partition coefficient (Wildman–Crippen LogP) is -0.827. The minimum Gasteiger partial charge on any atom is -0.497 e. The van der Waals surface area contributed by atoms with Crippen LogP contribution in [0.5, 0.6) is 5.75 Å². The number of likely N-dealkylation sites (N-methyl/N-ethyl adjacent to an activating group) is 2. The van der Waals surface area contributed by atoms with Crippen LogP contribution in [0.4, 0.5) is 0 Å². The van der Waals surface area contributed by atoms with Gasteiger partial charge in [0, 0.05) is 19.7 Å². The van der Waals surface area contributed by atoms with Crippen molar-refractivity contribution in [2.45, 2.75) is 0 Å². The molecule has 0 radical (unpaired) electrons. The van der Waals surface area contributed by atoms with E-state index in [1.54, 1.807) is 18.2 Å². The van der Waals surface area contributed by atoms with Crippen LogP contribution in [0.1, 0.15) is 10.4 Å². The van der Waals surface area contributed by atoms with Gasteiger partial charge in [0.25, 0.3) is 11.8 Å². The Bertz CT molecular complexity index is 647. The molecule has 9 nitrogen and oxygen atoms in total. The minimum atomic E-state index is -0.766. The third kappa shape index (κ3) is 6.90. The van der Waals surface area contributed by atoms with Crippen molar-refractivity contribution in [2.24, 2.45) is 0 Å². The number of rotatable bonds is 8. The van der Waals surface area contributed by atoms with E-state index in [-0.39, 0.29) is 19.0 Å². The molecule has 0 saturated heterocycles. The zero-order chi connectivity index (χ0) is 18.8. The van der Waals surface area contributed by atoms with Crippen LogP contribution in [0.2, 0.25) is 0 Å². The molecule has 0 saturated carbocycles. The van der Waals surface area contributed by atoms with Crippen LogP contribution in [0.15, 0.2) is 24.3 Å². The van der Waals surface area contributed by atoms with E-state index in [2.05, 4.69) is 10.6 Å². The van der Waals surface area contributed by atoms with Crippen LogP contribution in [0, 0.1) is 0 Å². The molecule has 0 atom stereocenters. The van der Waals surface area contributed by atoms with E-state index in [1.807, 2.05) is 0 Å². The molecule has 0 unspecified atom stereocenters. The summed E-state index contributed by atoms with van der Waals surface area (Å²) in [5.74, 6) is -1.60. The van der Waals surface area contributed by atoms with Gasteiger partial charge in [0.05, 0.1) is 13.7 Å². The quantitative estimate of drug-likeness (QED) is 0.591. The summed E-state index contributed by atoms with van der Waals surface area (Å²) in [5.41, 5.74) is 0.327. The summed E-state index contributed by atoms with van der Waals surface area (Å²) in [6.07, 6.45) is 0. The molecule has 0 aromatic heterocycles. The highest BCUT2D eigenvalue weighted by Crippen LogP contribution is 2.12. The van der Waals surface area contributed by atoms with Gasteiger partial charge >= 0.3 is 5.97 Å². The van der Waals surface area contributed by atoms with Crippen molar-refractivity contribution in [3.05, 3.63) is 29.8 Å². The Morgan fingerprint density at radius 2 is 1.92 bits per heavy atom. The summed E-state index contributed by atoms with van der Waals surface area (Å²) < 4.78 is 9.78. The second kappa shape index (κ2) is 9.91. The number of ether oxygens (including phenoxy) is 2. The Morgan fingerprint density at radius 1 is 1.20 bits per heavy atom. The van der Waals surface area contributed by atoms with Gasteiger partial charge < -0.3 is 25.0 Å². The maximum atomic E-state index is 11.9. The number of nitrogens with one attached hydrogen (secondary N) is 2. The molecular weight excluding hydrogens is 330 g/mol. The lowest BCUT2D eigenvalue weighted by molar-refractivity contribution is -0.151. The molecule has 0 aliphatic carbocycles. The summed E-state index contributed by atoms with van der Waals surface area (Å²) in [6, 6.07) is 6.43. The zero-order valence-electron chi connectivity index (χ0n) is 14.3. The van der Waals surface area contributed by atoms with Gasteiger partial charge in [-0.05, 0) is 18.2 Å². The van der Waals surface area contributed by atoms with Gasteiger partial charge in [-0.15, -0.1) is 0 Å². The van der Waals surface area contributed by atoms with Gasteiger partial charge in [-0.1, -0.05) is 6.07 Å². The van der Waals surface area contributed by atoms with Crippen molar-refractivity contribution < 1.29 is 28.7 Å². The number of carbonyl (C=O) groups is 4. The normalized spacial score (nSPS) is 9.72. The molecule has 0 fully saturated rings. The highest BCUT2D eigenvalue weighted by molar-refractivity contribution is 5.96. The lowest BCUT2D eigenvalue weighted by Crippen LogP contribution is -2.39. The Kier molecular flexibility index (Phi) is 7.91. The average molecular weight is 351 g/mol. The lowest BCUT2D eigenvalue weighted by Gasteiger charge is -2.16. The molecule has 0 aliphatic rings. The van der Waals surface area contributed by atoms with Gasteiger partial charge in [-0.2, -0.15) is 0 Å². The first-order valence-electron chi connectivity index (χ1n) is 7.39. The van der Waals surface area contributed by atoms with Crippen LogP contribution in [0.25, 0.3) is 0 Å². The molecule has 1 rings (SSSR count). The Morgan fingerprint density at radius 3 is 2.56 bits per heavy atom. The molecular formula is C16H21N3O6. The molecule has 25 heavy (non-hydrogen) atoms. The number of nitrogens with zero attached hydrogens (tertiary/aromatic N) is 1. The SMILES string of the molecule is CNC(=O)CN(C)C(=O)COC(=O)CNC(=O)c1cccc(OC)c1. The molecule has 0 bridgehead atoms. The van der Waals surface area contributed by atoms with Crippen molar-refractivity contribution >= 4 is 23.7 Å². The first-order chi connectivity index (χ1) is 11.9. The fourth-order valence-electron chi connectivity index (χ4n) is 1.70. The van der Waals surface area contributed by atoms with Crippen LogP contribution in [-0.2, 0) is 19.1 Å². The Labute approximate surface area is 145 Å². The molecule has 3 amide bonds. The third-order valence-corrected chi connectivity index (χ3v) is 3.17. The second-order valence-corrected chi connectivity index (χ2v) is 5.00. The van der Waals surface area contributed by atoms with Crippen molar-refractivity contribution in [1.82, 2.24) is 15.5 Å². The van der Waals surface area contributed by atoms with Gasteiger partial charge in [0.1, 0.15) is 12.3 Å². The number of esters is 1. The smallest absolute Gasteiger partial charge is 0.325 e. The van der Waals surface area contributed by atoms with E-state index >= 15 is 0 Å². The van der Waals surface area contributed by atoms with Gasteiger partial charge in [0.15, 0.2) is 6.61 Å². The van der Waals surface area contributed by atoms with Gasteiger partial charge in [0.2, 0.25) is 5.91 Å². The molecule has 9 heteroatoms. The van der Waals surface area contributed by atoms with Crippen molar-refractivity contribution in [2.75, 3.05) is 40.9 Å². The van der Waals surface area contributed by atoms with E-state index in [0.29, 0.717) is 11.3 Å². The molecule has 0 heterocycles. The maximum absolute atomic E-state index is 11.9. The van der Waals surface area contributed by atoms with E-state index < -0.39 is 24.4 Å². The highest BCUT2D eigenvalue weighted by atomic mass is 16.5. The van der Waals surface area contributed by atoms with E-state index in [0.717, 1.165) is 4.90 Å². The molecule has 0 aliphatic heterocycles. The minimum absolute atomic E-state index is 0.139. The number of amides is 3. The number of carbonyl (C=O) groups excluding carboxylic acids is 4. The van der Waals surface area contributed by atoms with E-state index in [1.165, 1.54) is 27.3 Å². The number of hydrogen-bond donors (Lipinski definition) is 2. The summed E-state index contributed by atoms with van der Waals surface area (Å²) in [6.45, 7) is -1.04. The summed E-state index contributed by atoms with van der Waals surface area (Å²) in [7, 11) is 4.34. The van der Waals surface area contributed by atoms with Crippen LogP contribution >= 0.6 is 0 Å². The summed E-state index contributed by atoms with van der Waals surface area (Å²) >= 11 is 0. The number of methoxy groups -OCH3 is 1. The summed E-state index contributed by atoms with van der Waals surface area (Å²) in [5, 5.41) is 4.76. The largest absolute Gasteiger partial charge is 0.497 e. The van der Waals surface area contributed by atoms with E-state index in [9.17, 15) is 19.2 Å². The molecule has 1 aromatic rings. The molecule has 0 spiro atoms. The molecule has 1 aromatic carbocycles. The van der Waals surface area contributed by atoms with Gasteiger partial charge in [-0.3, -0.25) is 19.2 Å². The topological polar surface area (TPSA) is 114 Å². The zero-order valence-corrected chi connectivity index (χ0v) is 14.3. The number of benzene rings is 1. The summed E-state index contributed by atoms with van der Waals surface area (Å²) in [4.78, 5) is 47.5. The Balaban J connectivity index is 2.38. The van der Waals surface area contributed by atoms with E-state index in [4.69, 9.17) is 9.47 Å². The molecule has 2 N–H and O–H groups in total. The monoisotopic (exact) mass is 351 g/mol. The maximum Gasteiger partial charge on any atom is 0.325 e. The van der Waals surface area contributed by atoms with Crippen molar-refractivity contribution in [1.29, 1.82) is 0 Å². The average Bonchev–Trinajstić information content (AvgIpc) is 2.63. The Hall–Kier alpha value is -3.10. The fraction of sp³-hybridized carbons (Fsp3) is 0.375. The van der Waals surface area contributed by atoms with Crippen molar-refractivity contribution in [3.8, 4) is 5.75 Å². The van der Waals surface area contributed by atoms with Gasteiger partial charge in [-0.25, -0.2) is 0 Å². The first-order valence-corrected chi connectivity index (χ1v) is 7.39. The fourth-order valence-corrected chi connectivity index (χ4v) is 1.70. The third-order valence-electron chi connectivity index (χ3n) is 3.17. The highest BCUT2D eigenvalue weighted by Gasteiger charge is 2.15. The second-order valence-electron chi connectivity index (χ2n) is 5.00.